The number of phenols is 2. The van der Waals surface area contributed by atoms with Crippen LogP contribution in [0.1, 0.15) is 10.5 Å². The van der Waals surface area contributed by atoms with E-state index in [1.807, 2.05) is 30.3 Å². The monoisotopic (exact) mass is 285 g/mol. The molecule has 0 saturated carbocycles. The van der Waals surface area contributed by atoms with Crippen LogP contribution in [-0.2, 0) is 0 Å². The molecule has 0 aliphatic carbocycles. The van der Waals surface area contributed by atoms with Gasteiger partial charge in [-0.25, -0.2) is 0 Å². The second-order valence-electron chi connectivity index (χ2n) is 4.28. The Morgan fingerprint density at radius 1 is 1.00 bits per heavy atom. The van der Waals surface area contributed by atoms with Crippen LogP contribution in [0.5, 0.6) is 11.5 Å². The van der Waals surface area contributed by atoms with E-state index in [0.717, 1.165) is 24.5 Å². The summed E-state index contributed by atoms with van der Waals surface area (Å²) >= 11 is 0. The maximum absolute atomic E-state index is 11.2. The number of hydrogen-bond acceptors (Lipinski definition) is 4. The minimum absolute atomic E-state index is 0.207. The van der Waals surface area contributed by atoms with E-state index in [2.05, 4.69) is 4.98 Å². The molecule has 0 amide bonds. The number of aromatic hydroxyl groups is 2. The molecule has 21 heavy (non-hydrogen) atoms. The molecule has 5 nitrogen and oxygen atoms in total. The van der Waals surface area contributed by atoms with Crippen LogP contribution in [0.4, 0.5) is 0 Å². The van der Waals surface area contributed by atoms with E-state index >= 15 is 0 Å². The van der Waals surface area contributed by atoms with Crippen molar-refractivity contribution in [1.29, 1.82) is 0 Å². The summed E-state index contributed by atoms with van der Waals surface area (Å²) in [6.07, 6.45) is 0.733. The number of aliphatic hydroxyl groups is 1. The highest BCUT2D eigenvalue weighted by Gasteiger charge is 2.15. The van der Waals surface area contributed by atoms with Crippen molar-refractivity contribution in [3.8, 4) is 22.6 Å². The maximum Gasteiger partial charge on any atom is 0.166 e. The molecule has 0 aliphatic heterocycles. The van der Waals surface area contributed by atoms with Gasteiger partial charge in [0.2, 0.25) is 0 Å². The Balaban J connectivity index is 0.000000774. The highest BCUT2D eigenvalue weighted by atomic mass is 16.3. The molecular weight excluding hydrogens is 270 g/mol. The third kappa shape index (κ3) is 2.59. The average Bonchev–Trinajstić information content (AvgIpc) is 2.88. The Hall–Kier alpha value is -2.79. The molecule has 3 aromatic rings. The van der Waals surface area contributed by atoms with Gasteiger partial charge >= 0.3 is 0 Å². The van der Waals surface area contributed by atoms with Crippen LogP contribution in [0.2, 0.25) is 0 Å². The lowest BCUT2D eigenvalue weighted by molar-refractivity contribution is 0.112. The van der Waals surface area contributed by atoms with Gasteiger partial charge in [-0.3, -0.25) is 4.79 Å². The normalized spacial score (nSPS) is 10.0. The molecule has 1 heterocycles. The summed E-state index contributed by atoms with van der Waals surface area (Å²) in [5.74, 6) is -0.424. The third-order valence-corrected chi connectivity index (χ3v) is 3.10. The van der Waals surface area contributed by atoms with Gasteiger partial charge in [0.15, 0.2) is 17.8 Å². The van der Waals surface area contributed by atoms with Gasteiger partial charge in [-0.05, 0) is 11.6 Å². The second-order valence-corrected chi connectivity index (χ2v) is 4.28. The van der Waals surface area contributed by atoms with Gasteiger partial charge < -0.3 is 20.3 Å². The van der Waals surface area contributed by atoms with Gasteiger partial charge in [-0.2, -0.15) is 0 Å². The van der Waals surface area contributed by atoms with E-state index in [0.29, 0.717) is 16.6 Å². The highest BCUT2D eigenvalue weighted by molar-refractivity contribution is 6.05. The number of nitrogens with one attached hydrogen (secondary N) is 1. The van der Waals surface area contributed by atoms with Crippen LogP contribution >= 0.6 is 0 Å². The number of aldehydes is 1. The van der Waals surface area contributed by atoms with E-state index in [4.69, 9.17) is 5.11 Å². The van der Waals surface area contributed by atoms with Gasteiger partial charge in [-0.1, -0.05) is 30.3 Å². The molecule has 0 atom stereocenters. The van der Waals surface area contributed by atoms with Crippen molar-refractivity contribution in [2.24, 2.45) is 0 Å². The molecule has 4 N–H and O–H groups in total. The largest absolute Gasteiger partial charge is 0.504 e. The minimum Gasteiger partial charge on any atom is -0.504 e. The Morgan fingerprint density at radius 3 is 2.24 bits per heavy atom. The van der Waals surface area contributed by atoms with Crippen molar-refractivity contribution in [2.75, 3.05) is 7.11 Å². The predicted octanol–water partition coefficient (Wildman–Crippen LogP) is 2.67. The van der Waals surface area contributed by atoms with Crippen LogP contribution in [0, 0.1) is 0 Å². The van der Waals surface area contributed by atoms with Crippen LogP contribution in [0.15, 0.2) is 42.5 Å². The first-order chi connectivity index (χ1) is 10.2. The first-order valence-electron chi connectivity index (χ1n) is 6.23. The van der Waals surface area contributed by atoms with Crippen LogP contribution in [0.25, 0.3) is 22.0 Å². The molecule has 1 aromatic heterocycles. The average molecular weight is 285 g/mol. The Labute approximate surface area is 121 Å². The van der Waals surface area contributed by atoms with Gasteiger partial charge in [-0.15, -0.1) is 0 Å². The third-order valence-electron chi connectivity index (χ3n) is 3.10. The zero-order chi connectivity index (χ0) is 15.4. The van der Waals surface area contributed by atoms with Crippen molar-refractivity contribution < 1.29 is 20.1 Å². The molecule has 0 saturated heterocycles. The van der Waals surface area contributed by atoms with Crippen LogP contribution in [0.3, 0.4) is 0 Å². The predicted molar refractivity (Wildman–Crippen MR) is 80.6 cm³/mol. The number of benzene rings is 2. The number of aliphatic hydroxyl groups excluding tert-OH is 1. The van der Waals surface area contributed by atoms with Crippen molar-refractivity contribution in [3.63, 3.8) is 0 Å². The molecule has 0 fully saturated rings. The summed E-state index contributed by atoms with van der Waals surface area (Å²) in [6, 6.07) is 12.3. The van der Waals surface area contributed by atoms with Crippen LogP contribution in [-0.4, -0.2) is 33.7 Å². The second kappa shape index (κ2) is 6.11. The smallest absolute Gasteiger partial charge is 0.166 e. The molecule has 0 spiro atoms. The Kier molecular flexibility index (Phi) is 4.25. The number of hydrogen-bond donors (Lipinski definition) is 4. The fourth-order valence-corrected chi connectivity index (χ4v) is 2.24. The molecule has 5 heteroatoms. The Bertz CT molecular complexity index is 763. The maximum atomic E-state index is 11.2. The number of H-pyrrole nitrogens is 1. The first-order valence-corrected chi connectivity index (χ1v) is 6.23. The fraction of sp³-hybridized carbons (Fsp3) is 0.0625. The van der Waals surface area contributed by atoms with E-state index in [1.165, 1.54) is 12.1 Å². The number of phenolic OH excluding ortho intramolecular Hbond substituents is 2. The van der Waals surface area contributed by atoms with Crippen molar-refractivity contribution in [1.82, 2.24) is 4.98 Å². The van der Waals surface area contributed by atoms with E-state index in [-0.39, 0.29) is 11.5 Å². The van der Waals surface area contributed by atoms with Crippen molar-refractivity contribution >= 4 is 17.2 Å². The lowest BCUT2D eigenvalue weighted by Gasteiger charge is -2.02. The Morgan fingerprint density at radius 2 is 1.62 bits per heavy atom. The van der Waals surface area contributed by atoms with Gasteiger partial charge in [0, 0.05) is 24.1 Å². The summed E-state index contributed by atoms with van der Waals surface area (Å²) in [5, 5.41) is 26.8. The summed E-state index contributed by atoms with van der Waals surface area (Å²) in [4.78, 5) is 14.1. The number of carbonyl (C=O) groups is 1. The summed E-state index contributed by atoms with van der Waals surface area (Å²) in [6.45, 7) is 0. The topological polar surface area (TPSA) is 93.5 Å². The van der Waals surface area contributed by atoms with Gasteiger partial charge in [0.05, 0.1) is 11.2 Å². The number of rotatable bonds is 2. The minimum atomic E-state index is -0.217. The summed E-state index contributed by atoms with van der Waals surface area (Å²) < 4.78 is 0. The van der Waals surface area contributed by atoms with Gasteiger partial charge in [0.25, 0.3) is 0 Å². The van der Waals surface area contributed by atoms with Gasteiger partial charge in [0.1, 0.15) is 0 Å². The number of aromatic amines is 1. The standard InChI is InChI=1S/C15H11NO3.CH4O/c17-8-12-15(9-4-2-1-3-5-9)10-6-13(18)14(19)7-11(10)16-12;1-2/h1-8,16,18-19H;2H,1H3. The van der Waals surface area contributed by atoms with Crippen molar-refractivity contribution in [2.45, 2.75) is 0 Å². The van der Waals surface area contributed by atoms with E-state index in [1.54, 1.807) is 0 Å². The first kappa shape index (κ1) is 14.6. The lowest BCUT2D eigenvalue weighted by atomic mass is 10.0. The number of fused-ring (bicyclic) bond motifs is 1. The van der Waals surface area contributed by atoms with Crippen LogP contribution < -0.4 is 0 Å². The quantitative estimate of drug-likeness (QED) is 0.430. The SMILES string of the molecule is CO.O=Cc1[nH]c2cc(O)c(O)cc2c1-c1ccccc1. The number of carbonyl (C=O) groups excluding carboxylic acids is 1. The zero-order valence-electron chi connectivity index (χ0n) is 11.4. The molecule has 108 valence electrons. The molecule has 0 aliphatic rings. The molecular formula is C16H15NO4. The van der Waals surface area contributed by atoms with E-state index < -0.39 is 0 Å². The van der Waals surface area contributed by atoms with Crippen molar-refractivity contribution in [3.05, 3.63) is 48.2 Å². The molecule has 0 bridgehead atoms. The lowest BCUT2D eigenvalue weighted by Crippen LogP contribution is -1.83. The summed E-state index contributed by atoms with van der Waals surface area (Å²) in [5.41, 5.74) is 2.63. The highest BCUT2D eigenvalue weighted by Crippen LogP contribution is 2.37. The zero-order valence-corrected chi connectivity index (χ0v) is 11.4. The molecule has 3 rings (SSSR count). The number of aromatic nitrogens is 1. The molecule has 0 unspecified atom stereocenters. The summed E-state index contributed by atoms with van der Waals surface area (Å²) in [7, 11) is 1.00. The molecule has 2 aromatic carbocycles. The molecule has 0 radical (unpaired) electrons. The van der Waals surface area contributed by atoms with E-state index in [9.17, 15) is 15.0 Å². The fourth-order valence-electron chi connectivity index (χ4n) is 2.24.